The number of hydrogen-bond donors (Lipinski definition) is 0. The summed E-state index contributed by atoms with van der Waals surface area (Å²) >= 11 is 0. The molecule has 13 heavy (non-hydrogen) atoms. The second-order valence-electron chi connectivity index (χ2n) is 2.81. The molecule has 0 aromatic rings. The quantitative estimate of drug-likeness (QED) is 0.625. The fourth-order valence-electron chi connectivity index (χ4n) is 1.21. The Hall–Kier alpha value is 0.528. The molecule has 0 atom stereocenters. The molecule has 0 aromatic carbocycles. The third-order valence-electron chi connectivity index (χ3n) is 1.53. The molecule has 0 aromatic heterocycles. The van der Waals surface area contributed by atoms with Crippen LogP contribution in [0.25, 0.3) is 0 Å². The molecule has 0 amide bonds. The Labute approximate surface area is 93.1 Å². The third kappa shape index (κ3) is 5.08. The molecule has 1 aliphatic rings. The predicted molar refractivity (Wildman–Crippen MR) is 42.2 cm³/mol. The molecule has 1 heterocycles. The topological polar surface area (TPSA) is 36.9 Å². The van der Waals surface area contributed by atoms with Crippen molar-refractivity contribution >= 4 is 0 Å². The van der Waals surface area contributed by atoms with Crippen LogP contribution >= 0.6 is 0 Å². The first-order valence-corrected chi connectivity index (χ1v) is 4.20. The van der Waals surface area contributed by atoms with Gasteiger partial charge in [0, 0.05) is 21.1 Å². The molecular formula is C8H16MoO4. The van der Waals surface area contributed by atoms with Gasteiger partial charge >= 0.3 is 0 Å². The van der Waals surface area contributed by atoms with Crippen molar-refractivity contribution in [2.24, 2.45) is 0 Å². The standard InChI is InChI=1S/C8H16O4.Mo/c1-5-9-6(2)11-8(4)12-7(3)10-5;/h5-8H,1-4H3;. The van der Waals surface area contributed by atoms with Crippen molar-refractivity contribution in [3.05, 3.63) is 0 Å². The van der Waals surface area contributed by atoms with Gasteiger partial charge in [0.25, 0.3) is 0 Å². The van der Waals surface area contributed by atoms with Crippen molar-refractivity contribution in [2.45, 2.75) is 52.9 Å². The first kappa shape index (κ1) is 13.5. The van der Waals surface area contributed by atoms with E-state index in [0.717, 1.165) is 0 Å². The van der Waals surface area contributed by atoms with Crippen LogP contribution in [0.1, 0.15) is 27.7 Å². The maximum atomic E-state index is 5.31. The predicted octanol–water partition coefficient (Wildman–Crippen LogP) is 1.45. The Morgan fingerprint density at radius 3 is 0.846 bits per heavy atom. The molecular weight excluding hydrogens is 256 g/mol. The second kappa shape index (κ2) is 6.09. The molecule has 0 radical (unpaired) electrons. The van der Waals surface area contributed by atoms with Gasteiger partial charge in [0.05, 0.1) is 0 Å². The summed E-state index contributed by atoms with van der Waals surface area (Å²) in [6.45, 7) is 7.26. The van der Waals surface area contributed by atoms with E-state index in [2.05, 4.69) is 0 Å². The maximum Gasteiger partial charge on any atom is 0.161 e. The smallest absolute Gasteiger partial charge is 0.161 e. The van der Waals surface area contributed by atoms with Crippen molar-refractivity contribution in [3.8, 4) is 0 Å². The average Bonchev–Trinajstić information content (AvgIpc) is 1.81. The van der Waals surface area contributed by atoms with Crippen molar-refractivity contribution in [1.82, 2.24) is 0 Å². The summed E-state index contributed by atoms with van der Waals surface area (Å²) in [7, 11) is 0. The Kier molecular flexibility index (Phi) is 6.34. The second-order valence-corrected chi connectivity index (χ2v) is 2.81. The Bertz CT molecular complexity index is 104. The van der Waals surface area contributed by atoms with Crippen molar-refractivity contribution < 1.29 is 40.0 Å². The molecule has 5 heteroatoms. The maximum absolute atomic E-state index is 5.31. The molecule has 0 bridgehead atoms. The summed E-state index contributed by atoms with van der Waals surface area (Å²) in [5, 5.41) is 0. The normalized spacial score (nSPS) is 41.5. The van der Waals surface area contributed by atoms with E-state index in [1.807, 2.05) is 27.7 Å². The first-order chi connectivity index (χ1) is 5.58. The van der Waals surface area contributed by atoms with Crippen LogP contribution in [0.2, 0.25) is 0 Å². The summed E-state index contributed by atoms with van der Waals surface area (Å²) < 4.78 is 21.2. The summed E-state index contributed by atoms with van der Waals surface area (Å²) in [6.07, 6.45) is -1.16. The third-order valence-corrected chi connectivity index (χ3v) is 1.53. The molecule has 1 fully saturated rings. The monoisotopic (exact) mass is 274 g/mol. The summed E-state index contributed by atoms with van der Waals surface area (Å²) in [6, 6.07) is 0. The van der Waals surface area contributed by atoms with Gasteiger partial charge in [-0.3, -0.25) is 0 Å². The van der Waals surface area contributed by atoms with Crippen molar-refractivity contribution in [3.63, 3.8) is 0 Å². The van der Waals surface area contributed by atoms with E-state index in [-0.39, 0.29) is 46.2 Å². The van der Waals surface area contributed by atoms with Crippen LogP contribution < -0.4 is 0 Å². The van der Waals surface area contributed by atoms with Crippen LogP contribution in [0.15, 0.2) is 0 Å². The van der Waals surface area contributed by atoms with Gasteiger partial charge in [-0.15, -0.1) is 0 Å². The Balaban J connectivity index is 0.00000144. The molecule has 78 valence electrons. The van der Waals surface area contributed by atoms with E-state index in [0.29, 0.717) is 0 Å². The zero-order valence-corrected chi connectivity index (χ0v) is 10.4. The Morgan fingerprint density at radius 1 is 0.538 bits per heavy atom. The minimum atomic E-state index is -0.289. The van der Waals surface area contributed by atoms with Crippen LogP contribution in [-0.2, 0) is 40.0 Å². The van der Waals surface area contributed by atoms with Gasteiger partial charge in [-0.25, -0.2) is 0 Å². The van der Waals surface area contributed by atoms with E-state index in [1.165, 1.54) is 0 Å². The largest absolute Gasteiger partial charge is 0.324 e. The van der Waals surface area contributed by atoms with E-state index >= 15 is 0 Å². The van der Waals surface area contributed by atoms with Crippen molar-refractivity contribution in [2.75, 3.05) is 0 Å². The number of rotatable bonds is 0. The average molecular weight is 272 g/mol. The van der Waals surface area contributed by atoms with Gasteiger partial charge in [0.15, 0.2) is 25.2 Å². The summed E-state index contributed by atoms with van der Waals surface area (Å²) in [5.41, 5.74) is 0. The zero-order valence-electron chi connectivity index (χ0n) is 8.35. The van der Waals surface area contributed by atoms with E-state index < -0.39 is 0 Å². The molecule has 0 N–H and O–H groups in total. The molecule has 1 rings (SSSR count). The van der Waals surface area contributed by atoms with Gasteiger partial charge in [-0.05, 0) is 27.7 Å². The Morgan fingerprint density at radius 2 is 0.692 bits per heavy atom. The van der Waals surface area contributed by atoms with E-state index in [4.69, 9.17) is 18.9 Å². The molecule has 0 unspecified atom stereocenters. The SMILES string of the molecule is CC1OC(C)OC(C)OC(C)O1.[Mo]. The van der Waals surface area contributed by atoms with Gasteiger partial charge < -0.3 is 18.9 Å². The van der Waals surface area contributed by atoms with Crippen LogP contribution in [0.4, 0.5) is 0 Å². The molecule has 0 aliphatic carbocycles. The zero-order chi connectivity index (χ0) is 9.14. The first-order valence-electron chi connectivity index (χ1n) is 4.20. The van der Waals surface area contributed by atoms with Gasteiger partial charge in [0.1, 0.15) is 0 Å². The summed E-state index contributed by atoms with van der Waals surface area (Å²) in [5.74, 6) is 0. The molecule has 0 saturated carbocycles. The molecule has 4 nitrogen and oxygen atoms in total. The van der Waals surface area contributed by atoms with E-state index in [9.17, 15) is 0 Å². The van der Waals surface area contributed by atoms with Gasteiger partial charge in [-0.1, -0.05) is 0 Å². The molecule has 1 aliphatic heterocycles. The van der Waals surface area contributed by atoms with Gasteiger partial charge in [-0.2, -0.15) is 0 Å². The fourth-order valence-corrected chi connectivity index (χ4v) is 1.21. The van der Waals surface area contributed by atoms with Crippen LogP contribution in [0.5, 0.6) is 0 Å². The molecule has 0 spiro atoms. The van der Waals surface area contributed by atoms with Gasteiger partial charge in [0.2, 0.25) is 0 Å². The molecule has 1 saturated heterocycles. The van der Waals surface area contributed by atoms with Crippen LogP contribution in [0, 0.1) is 0 Å². The number of hydrogen-bond acceptors (Lipinski definition) is 4. The van der Waals surface area contributed by atoms with Crippen LogP contribution in [0.3, 0.4) is 0 Å². The van der Waals surface area contributed by atoms with E-state index in [1.54, 1.807) is 0 Å². The summed E-state index contributed by atoms with van der Waals surface area (Å²) in [4.78, 5) is 0. The van der Waals surface area contributed by atoms with Crippen molar-refractivity contribution in [1.29, 1.82) is 0 Å². The van der Waals surface area contributed by atoms with Crippen LogP contribution in [-0.4, -0.2) is 25.2 Å². The fraction of sp³-hybridized carbons (Fsp3) is 1.00. The number of ether oxygens (including phenoxy) is 4. The minimum Gasteiger partial charge on any atom is -0.324 e. The minimum absolute atomic E-state index is 0.